The van der Waals surface area contributed by atoms with Gasteiger partial charge in [-0.2, -0.15) is 0 Å². The highest BCUT2D eigenvalue weighted by molar-refractivity contribution is 5.97. The van der Waals surface area contributed by atoms with Gasteiger partial charge in [0.15, 0.2) is 0 Å². The summed E-state index contributed by atoms with van der Waals surface area (Å²) < 4.78 is 0. The van der Waals surface area contributed by atoms with Crippen molar-refractivity contribution in [2.75, 3.05) is 11.9 Å². The Morgan fingerprint density at radius 1 is 1.42 bits per heavy atom. The quantitative estimate of drug-likeness (QED) is 0.782. The van der Waals surface area contributed by atoms with Crippen molar-refractivity contribution in [3.63, 3.8) is 0 Å². The van der Waals surface area contributed by atoms with Gasteiger partial charge in [-0.25, -0.2) is 4.98 Å². The molecule has 5 heteroatoms. The van der Waals surface area contributed by atoms with Gasteiger partial charge < -0.3 is 15.6 Å². The Hall–Kier alpha value is -2.30. The van der Waals surface area contributed by atoms with Crippen LogP contribution in [0.1, 0.15) is 28.2 Å². The van der Waals surface area contributed by atoms with Crippen molar-refractivity contribution in [3.05, 3.63) is 47.5 Å². The minimum absolute atomic E-state index is 0.0445. The number of carbonyl (C=O) groups excluding carboxylic acids is 1. The molecule has 1 aliphatic rings. The molecule has 0 radical (unpaired) electrons. The summed E-state index contributed by atoms with van der Waals surface area (Å²) in [6.45, 7) is 1.40. The van der Waals surface area contributed by atoms with Gasteiger partial charge in [0.25, 0.3) is 5.91 Å². The van der Waals surface area contributed by atoms with E-state index in [1.54, 1.807) is 12.4 Å². The first-order valence-electron chi connectivity index (χ1n) is 6.47. The topological polar surface area (TPSA) is 69.8 Å². The van der Waals surface area contributed by atoms with Crippen molar-refractivity contribution in [1.82, 2.24) is 15.3 Å². The van der Waals surface area contributed by atoms with Crippen molar-refractivity contribution in [2.45, 2.75) is 19.4 Å². The molecule has 19 heavy (non-hydrogen) atoms. The van der Waals surface area contributed by atoms with Gasteiger partial charge in [0, 0.05) is 30.2 Å². The first-order chi connectivity index (χ1) is 9.34. The van der Waals surface area contributed by atoms with E-state index in [0.29, 0.717) is 6.54 Å². The smallest absolute Gasteiger partial charge is 0.252 e. The second kappa shape index (κ2) is 5.14. The number of H-pyrrole nitrogens is 1. The Morgan fingerprint density at radius 3 is 3.21 bits per heavy atom. The van der Waals surface area contributed by atoms with E-state index in [1.807, 2.05) is 18.2 Å². The number of fused-ring (bicyclic) bond motifs is 1. The zero-order chi connectivity index (χ0) is 13.1. The van der Waals surface area contributed by atoms with E-state index in [-0.39, 0.29) is 5.91 Å². The summed E-state index contributed by atoms with van der Waals surface area (Å²) in [5, 5.41) is 6.22. The highest BCUT2D eigenvalue weighted by Crippen LogP contribution is 2.25. The minimum atomic E-state index is -0.0445. The predicted molar refractivity (Wildman–Crippen MR) is 73.0 cm³/mol. The molecule has 3 rings (SSSR count). The largest absolute Gasteiger partial charge is 0.385 e. The molecule has 1 aromatic heterocycles. The van der Waals surface area contributed by atoms with Crippen LogP contribution < -0.4 is 10.6 Å². The lowest BCUT2D eigenvalue weighted by atomic mass is 9.97. The molecule has 1 aliphatic heterocycles. The predicted octanol–water partition coefficient (Wildman–Crippen LogP) is 1.70. The van der Waals surface area contributed by atoms with Crippen molar-refractivity contribution >= 4 is 11.6 Å². The van der Waals surface area contributed by atoms with Crippen LogP contribution in [0.3, 0.4) is 0 Å². The molecule has 0 saturated carbocycles. The van der Waals surface area contributed by atoms with Crippen LogP contribution in [0.2, 0.25) is 0 Å². The number of carbonyl (C=O) groups is 1. The second-order valence-electron chi connectivity index (χ2n) is 4.58. The van der Waals surface area contributed by atoms with Crippen LogP contribution >= 0.6 is 0 Å². The summed E-state index contributed by atoms with van der Waals surface area (Å²) in [7, 11) is 0. The maximum atomic E-state index is 12.2. The van der Waals surface area contributed by atoms with Crippen LogP contribution in [0.4, 0.5) is 5.69 Å². The highest BCUT2D eigenvalue weighted by Gasteiger charge is 2.17. The molecular formula is C14H16N4O. The number of hydrogen-bond donors (Lipinski definition) is 3. The van der Waals surface area contributed by atoms with E-state index < -0.39 is 0 Å². The summed E-state index contributed by atoms with van der Waals surface area (Å²) in [4.78, 5) is 19.3. The van der Waals surface area contributed by atoms with Gasteiger partial charge in [-0.15, -0.1) is 0 Å². The molecule has 0 spiro atoms. The minimum Gasteiger partial charge on any atom is -0.385 e. The molecule has 1 aromatic carbocycles. The Bertz CT molecular complexity index is 577. The lowest BCUT2D eigenvalue weighted by molar-refractivity contribution is 0.0949. The zero-order valence-electron chi connectivity index (χ0n) is 10.6. The van der Waals surface area contributed by atoms with Crippen molar-refractivity contribution < 1.29 is 4.79 Å². The van der Waals surface area contributed by atoms with Crippen molar-refractivity contribution in [2.24, 2.45) is 0 Å². The number of anilines is 1. The lowest BCUT2D eigenvalue weighted by Gasteiger charge is -2.20. The summed E-state index contributed by atoms with van der Waals surface area (Å²) >= 11 is 0. The highest BCUT2D eigenvalue weighted by atomic mass is 16.1. The number of nitrogens with one attached hydrogen (secondary N) is 3. The number of aromatic nitrogens is 2. The monoisotopic (exact) mass is 256 g/mol. The van der Waals surface area contributed by atoms with Crippen LogP contribution in [-0.4, -0.2) is 22.4 Å². The fourth-order valence-electron chi connectivity index (χ4n) is 2.38. The van der Waals surface area contributed by atoms with Crippen LogP contribution in [0.25, 0.3) is 0 Å². The van der Waals surface area contributed by atoms with E-state index >= 15 is 0 Å². The Morgan fingerprint density at radius 2 is 2.37 bits per heavy atom. The summed E-state index contributed by atoms with van der Waals surface area (Å²) in [5.74, 6) is 0.716. The average molecular weight is 256 g/mol. The molecule has 2 aromatic rings. The van der Waals surface area contributed by atoms with Crippen LogP contribution in [-0.2, 0) is 13.0 Å². The molecule has 3 N–H and O–H groups in total. The molecule has 0 aliphatic carbocycles. The lowest BCUT2D eigenvalue weighted by Crippen LogP contribution is -2.26. The maximum Gasteiger partial charge on any atom is 0.252 e. The fraction of sp³-hybridized carbons (Fsp3) is 0.286. The number of imidazole rings is 1. The Labute approximate surface area is 111 Å². The number of aromatic amines is 1. The molecule has 0 fully saturated rings. The third-order valence-corrected chi connectivity index (χ3v) is 3.31. The number of benzene rings is 1. The number of hydrogen-bond acceptors (Lipinski definition) is 3. The van der Waals surface area contributed by atoms with E-state index in [4.69, 9.17) is 0 Å². The third kappa shape index (κ3) is 2.45. The molecule has 0 atom stereocenters. The van der Waals surface area contributed by atoms with Gasteiger partial charge in [0.1, 0.15) is 5.82 Å². The molecule has 5 nitrogen and oxygen atoms in total. The van der Waals surface area contributed by atoms with Crippen molar-refractivity contribution in [3.8, 4) is 0 Å². The third-order valence-electron chi connectivity index (χ3n) is 3.31. The fourth-order valence-corrected chi connectivity index (χ4v) is 2.38. The molecule has 2 heterocycles. The molecule has 0 bridgehead atoms. The maximum absolute atomic E-state index is 12.2. The van der Waals surface area contributed by atoms with Gasteiger partial charge in [-0.3, -0.25) is 4.79 Å². The molecule has 0 unspecified atom stereocenters. The zero-order valence-corrected chi connectivity index (χ0v) is 10.6. The summed E-state index contributed by atoms with van der Waals surface area (Å²) in [5.41, 5.74) is 2.96. The number of amides is 1. The molecule has 0 saturated heterocycles. The van der Waals surface area contributed by atoms with Gasteiger partial charge in [0.05, 0.1) is 6.54 Å². The van der Waals surface area contributed by atoms with Gasteiger partial charge >= 0.3 is 0 Å². The number of nitrogens with zero attached hydrogens (tertiary/aromatic N) is 1. The van der Waals surface area contributed by atoms with Gasteiger partial charge in [-0.1, -0.05) is 6.07 Å². The van der Waals surface area contributed by atoms with E-state index in [2.05, 4.69) is 20.6 Å². The first-order valence-corrected chi connectivity index (χ1v) is 6.47. The summed E-state index contributed by atoms with van der Waals surface area (Å²) in [6.07, 6.45) is 5.44. The molecular weight excluding hydrogens is 240 g/mol. The van der Waals surface area contributed by atoms with Gasteiger partial charge in [0.2, 0.25) is 0 Å². The number of rotatable bonds is 3. The average Bonchev–Trinajstić information content (AvgIpc) is 2.97. The van der Waals surface area contributed by atoms with E-state index in [0.717, 1.165) is 42.0 Å². The first kappa shape index (κ1) is 11.8. The molecule has 1 amide bonds. The normalized spacial score (nSPS) is 13.5. The Kier molecular flexibility index (Phi) is 3.18. The van der Waals surface area contributed by atoms with E-state index in [1.165, 1.54) is 0 Å². The van der Waals surface area contributed by atoms with E-state index in [9.17, 15) is 4.79 Å². The van der Waals surface area contributed by atoms with Crippen LogP contribution in [0.5, 0.6) is 0 Å². The Balaban J connectivity index is 1.76. The molecule has 98 valence electrons. The van der Waals surface area contributed by atoms with Crippen molar-refractivity contribution in [1.29, 1.82) is 0 Å². The van der Waals surface area contributed by atoms with Gasteiger partial charge in [-0.05, 0) is 30.5 Å². The van der Waals surface area contributed by atoms with Crippen LogP contribution in [0, 0.1) is 0 Å². The standard InChI is InChI=1S/C14H16N4O/c19-14(18-9-13-16-7-8-17-13)11-3-1-5-12-10(11)4-2-6-15-12/h1,3,5,7-8,15H,2,4,6,9H2,(H,16,17)(H,18,19). The second-order valence-corrected chi connectivity index (χ2v) is 4.58. The van der Waals surface area contributed by atoms with Crippen LogP contribution in [0.15, 0.2) is 30.6 Å². The summed E-state index contributed by atoms with van der Waals surface area (Å²) in [6, 6.07) is 5.82. The SMILES string of the molecule is O=C(NCc1ncc[nH]1)c1cccc2c1CCCN2.